The first-order valence-corrected chi connectivity index (χ1v) is 6.28. The summed E-state index contributed by atoms with van der Waals surface area (Å²) in [7, 11) is 2.59. The molecule has 1 rings (SSSR count). The van der Waals surface area contributed by atoms with E-state index in [0.29, 0.717) is 22.5 Å². The molecular weight excluding hydrogens is 270 g/mol. The second-order valence-corrected chi connectivity index (χ2v) is 5.03. The monoisotopic (exact) mass is 287 g/mol. The summed E-state index contributed by atoms with van der Waals surface area (Å²) >= 11 is 6.17. The molecular formula is C13H18ClNO4. The minimum atomic E-state index is -0.553. The van der Waals surface area contributed by atoms with Crippen LogP contribution in [0.2, 0.25) is 0 Å². The Hall–Kier alpha value is -1.49. The number of esters is 2. The summed E-state index contributed by atoms with van der Waals surface area (Å²) < 4.78 is 9.53. The van der Waals surface area contributed by atoms with Crippen molar-refractivity contribution < 1.29 is 19.1 Å². The van der Waals surface area contributed by atoms with Crippen molar-refractivity contribution in [1.29, 1.82) is 0 Å². The Kier molecular flexibility index (Phi) is 5.00. The molecule has 1 aliphatic rings. The van der Waals surface area contributed by atoms with Crippen LogP contribution in [0.15, 0.2) is 22.5 Å². The van der Waals surface area contributed by atoms with Gasteiger partial charge in [-0.2, -0.15) is 0 Å². The number of rotatable bonds is 3. The van der Waals surface area contributed by atoms with E-state index in [4.69, 9.17) is 21.1 Å². The minimum Gasteiger partial charge on any atom is -0.466 e. The summed E-state index contributed by atoms with van der Waals surface area (Å²) in [5, 5.41) is 2.54. The fourth-order valence-electron chi connectivity index (χ4n) is 2.27. The molecule has 1 atom stereocenters. The number of allylic oxidation sites excluding steroid dienone is 2. The van der Waals surface area contributed by atoms with Gasteiger partial charge in [0, 0.05) is 22.7 Å². The zero-order valence-corrected chi connectivity index (χ0v) is 12.4. The average molecular weight is 288 g/mol. The molecule has 5 nitrogen and oxygen atoms in total. The summed E-state index contributed by atoms with van der Waals surface area (Å²) in [5.41, 5.74) is 1.98. The highest BCUT2D eigenvalue weighted by Crippen LogP contribution is 2.35. The Morgan fingerprint density at radius 3 is 1.74 bits per heavy atom. The van der Waals surface area contributed by atoms with E-state index in [-0.39, 0.29) is 0 Å². The molecule has 0 aromatic rings. The maximum Gasteiger partial charge on any atom is 0.336 e. The van der Waals surface area contributed by atoms with Gasteiger partial charge in [-0.3, -0.25) is 0 Å². The van der Waals surface area contributed by atoms with Crippen molar-refractivity contribution >= 4 is 23.5 Å². The lowest BCUT2D eigenvalue weighted by Crippen LogP contribution is -2.36. The summed E-state index contributed by atoms with van der Waals surface area (Å²) in [6.45, 7) is 5.22. The van der Waals surface area contributed by atoms with Gasteiger partial charge in [0.2, 0.25) is 0 Å². The molecule has 0 aromatic heterocycles. The molecule has 0 amide bonds. The molecule has 6 heteroatoms. The highest BCUT2D eigenvalue weighted by atomic mass is 35.5. The minimum absolute atomic E-state index is 0.357. The number of carbonyl (C=O) groups is 2. The standard InChI is InChI=1S/C13H18ClNO4/c1-6(14)9-10(12(16)18-4)7(2)15-8(3)11(9)13(17)19-5/h6,9,15H,1-5H3/t6-/m0/s1. The first-order valence-electron chi connectivity index (χ1n) is 5.84. The number of alkyl halides is 1. The van der Waals surface area contributed by atoms with Crippen LogP contribution in [0, 0.1) is 5.92 Å². The number of halogens is 1. The van der Waals surface area contributed by atoms with Crippen LogP contribution >= 0.6 is 11.6 Å². The van der Waals surface area contributed by atoms with Crippen LogP contribution in [0.1, 0.15) is 20.8 Å². The third-order valence-corrected chi connectivity index (χ3v) is 3.33. The van der Waals surface area contributed by atoms with Gasteiger partial charge < -0.3 is 14.8 Å². The van der Waals surface area contributed by atoms with Gasteiger partial charge in [-0.15, -0.1) is 11.6 Å². The zero-order chi connectivity index (χ0) is 14.7. The predicted molar refractivity (Wildman–Crippen MR) is 71.4 cm³/mol. The highest BCUT2D eigenvalue weighted by Gasteiger charge is 2.38. The van der Waals surface area contributed by atoms with Gasteiger partial charge in [-0.25, -0.2) is 9.59 Å². The van der Waals surface area contributed by atoms with E-state index in [9.17, 15) is 9.59 Å². The first kappa shape index (κ1) is 15.6. The van der Waals surface area contributed by atoms with Crippen molar-refractivity contribution in [2.45, 2.75) is 26.1 Å². The first-order chi connectivity index (χ1) is 8.84. The van der Waals surface area contributed by atoms with E-state index in [1.807, 2.05) is 0 Å². The van der Waals surface area contributed by atoms with Crippen LogP contribution in [-0.2, 0) is 19.1 Å². The lowest BCUT2D eigenvalue weighted by Gasteiger charge is -2.31. The molecule has 106 valence electrons. The van der Waals surface area contributed by atoms with Gasteiger partial charge in [-0.1, -0.05) is 0 Å². The molecule has 0 aliphatic carbocycles. The van der Waals surface area contributed by atoms with Gasteiger partial charge in [0.25, 0.3) is 0 Å². The van der Waals surface area contributed by atoms with Crippen LogP contribution in [0.5, 0.6) is 0 Å². The number of methoxy groups -OCH3 is 2. The molecule has 0 bridgehead atoms. The van der Waals surface area contributed by atoms with Crippen LogP contribution < -0.4 is 5.32 Å². The predicted octanol–water partition coefficient (Wildman–Crippen LogP) is 1.73. The van der Waals surface area contributed by atoms with Crippen molar-refractivity contribution in [2.24, 2.45) is 5.92 Å². The summed E-state index contributed by atoms with van der Waals surface area (Å²) in [4.78, 5) is 23.8. The maximum atomic E-state index is 11.9. The molecule has 0 fully saturated rings. The summed E-state index contributed by atoms with van der Waals surface area (Å²) in [6, 6.07) is 0. The van der Waals surface area contributed by atoms with E-state index in [1.54, 1.807) is 20.8 Å². The Bertz CT molecular complexity index is 427. The van der Waals surface area contributed by atoms with E-state index >= 15 is 0 Å². The van der Waals surface area contributed by atoms with Crippen LogP contribution in [0.3, 0.4) is 0 Å². The Labute approximate surface area is 117 Å². The van der Waals surface area contributed by atoms with Gasteiger partial charge in [0.1, 0.15) is 0 Å². The number of carbonyl (C=O) groups excluding carboxylic acids is 2. The van der Waals surface area contributed by atoms with E-state index < -0.39 is 23.2 Å². The van der Waals surface area contributed by atoms with E-state index in [0.717, 1.165) is 0 Å². The van der Waals surface area contributed by atoms with Crippen LogP contribution in [0.4, 0.5) is 0 Å². The molecule has 0 radical (unpaired) electrons. The topological polar surface area (TPSA) is 64.6 Å². The van der Waals surface area contributed by atoms with Crippen molar-refractivity contribution in [3.63, 3.8) is 0 Å². The number of hydrogen-bond acceptors (Lipinski definition) is 5. The molecule has 1 N–H and O–H groups in total. The van der Waals surface area contributed by atoms with E-state index in [2.05, 4.69) is 5.32 Å². The van der Waals surface area contributed by atoms with Crippen molar-refractivity contribution in [3.05, 3.63) is 22.5 Å². The number of hydrogen-bond donors (Lipinski definition) is 1. The Balaban J connectivity index is 3.37. The largest absolute Gasteiger partial charge is 0.466 e. The second-order valence-electron chi connectivity index (χ2n) is 4.34. The molecule has 1 heterocycles. The normalized spacial score (nSPS) is 18.0. The molecule has 0 spiro atoms. The smallest absolute Gasteiger partial charge is 0.336 e. The summed E-state index contributed by atoms with van der Waals surface area (Å²) in [5.74, 6) is -1.56. The quantitative estimate of drug-likeness (QED) is 0.632. The Morgan fingerprint density at radius 2 is 1.47 bits per heavy atom. The molecule has 19 heavy (non-hydrogen) atoms. The third-order valence-electron chi connectivity index (χ3n) is 3.07. The lowest BCUT2D eigenvalue weighted by molar-refractivity contribution is -0.137. The van der Waals surface area contributed by atoms with Crippen LogP contribution in [-0.4, -0.2) is 31.5 Å². The molecule has 1 aliphatic heterocycles. The number of dihydropyridines is 1. The number of ether oxygens (including phenoxy) is 2. The average Bonchev–Trinajstić information content (AvgIpc) is 2.36. The fourth-order valence-corrected chi connectivity index (χ4v) is 2.52. The van der Waals surface area contributed by atoms with Gasteiger partial charge in [0.15, 0.2) is 0 Å². The van der Waals surface area contributed by atoms with Gasteiger partial charge >= 0.3 is 11.9 Å². The van der Waals surface area contributed by atoms with Crippen molar-refractivity contribution in [1.82, 2.24) is 5.32 Å². The number of nitrogens with one attached hydrogen (secondary N) is 1. The summed E-state index contributed by atoms with van der Waals surface area (Å²) in [6.07, 6.45) is 0. The molecule has 0 aromatic carbocycles. The zero-order valence-electron chi connectivity index (χ0n) is 11.7. The highest BCUT2D eigenvalue weighted by molar-refractivity contribution is 6.22. The van der Waals surface area contributed by atoms with Crippen molar-refractivity contribution in [2.75, 3.05) is 14.2 Å². The third kappa shape index (κ3) is 2.92. The SMILES string of the molecule is COC(=O)C1=C(C)NC(C)=C(C(=O)OC)C1[C@H](C)Cl. The Morgan fingerprint density at radius 1 is 1.11 bits per heavy atom. The fraction of sp³-hybridized carbons (Fsp3) is 0.538. The van der Waals surface area contributed by atoms with E-state index in [1.165, 1.54) is 14.2 Å². The maximum absolute atomic E-state index is 11.9. The molecule has 0 saturated heterocycles. The van der Waals surface area contributed by atoms with Gasteiger partial charge in [0.05, 0.1) is 25.4 Å². The second kappa shape index (κ2) is 6.10. The van der Waals surface area contributed by atoms with Crippen LogP contribution in [0.25, 0.3) is 0 Å². The molecule has 0 unspecified atom stereocenters. The lowest BCUT2D eigenvalue weighted by atomic mass is 9.83. The van der Waals surface area contributed by atoms with Crippen molar-refractivity contribution in [3.8, 4) is 0 Å². The molecule has 0 saturated carbocycles. The van der Waals surface area contributed by atoms with Gasteiger partial charge in [-0.05, 0) is 20.8 Å².